The Kier molecular flexibility index (Phi) is 2.11. The van der Waals surface area contributed by atoms with Crippen molar-refractivity contribution in [2.45, 2.75) is 0 Å². The van der Waals surface area contributed by atoms with Crippen LogP contribution < -0.4 is 5.56 Å². The van der Waals surface area contributed by atoms with Gasteiger partial charge in [0.15, 0.2) is 0 Å². The molecular weight excluding hydrogens is 277 g/mol. The summed E-state index contributed by atoms with van der Waals surface area (Å²) in [6.07, 6.45) is 0. The number of pyridine rings is 1. The second kappa shape index (κ2) is 3.14. The van der Waals surface area contributed by atoms with E-state index in [-0.39, 0.29) is 5.56 Å². The van der Waals surface area contributed by atoms with E-state index in [0.717, 1.165) is 14.5 Å². The number of nitrogens with zero attached hydrogens (tertiary/aromatic N) is 1. The van der Waals surface area contributed by atoms with Crippen molar-refractivity contribution in [1.82, 2.24) is 4.57 Å². The van der Waals surface area contributed by atoms with E-state index in [4.69, 9.17) is 0 Å². The van der Waals surface area contributed by atoms with Gasteiger partial charge < -0.3 is 4.57 Å². The van der Waals surface area contributed by atoms with Crippen molar-refractivity contribution in [3.63, 3.8) is 0 Å². The van der Waals surface area contributed by atoms with Gasteiger partial charge in [0.25, 0.3) is 5.56 Å². The van der Waals surface area contributed by atoms with Gasteiger partial charge in [0, 0.05) is 7.05 Å². The monoisotopic (exact) mass is 285 g/mol. The third kappa shape index (κ3) is 1.37. The maximum absolute atomic E-state index is 11.5. The predicted octanol–water partition coefficient (Wildman–Crippen LogP) is 2.14. The molecule has 2 aromatic rings. The summed E-state index contributed by atoms with van der Waals surface area (Å²) >= 11 is 2.06. The standard InChI is InChI=1S/C10H8INO/c1-12-9-5-3-2-4-7(9)6-8(11)10(12)13/h2-6H,1H3. The minimum absolute atomic E-state index is 0.0688. The molecule has 0 N–H and O–H groups in total. The minimum Gasteiger partial charge on any atom is -0.310 e. The average molecular weight is 285 g/mol. The fraction of sp³-hybridized carbons (Fsp3) is 0.100. The summed E-state index contributed by atoms with van der Waals surface area (Å²) in [5.41, 5.74) is 1.05. The van der Waals surface area contributed by atoms with Crippen LogP contribution >= 0.6 is 22.6 Å². The van der Waals surface area contributed by atoms with Crippen molar-refractivity contribution in [2.75, 3.05) is 0 Å². The average Bonchev–Trinajstić information content (AvgIpc) is 2.15. The maximum atomic E-state index is 11.5. The first-order valence-corrected chi connectivity index (χ1v) is 5.02. The number of aryl methyl sites for hydroxylation is 1. The maximum Gasteiger partial charge on any atom is 0.264 e. The van der Waals surface area contributed by atoms with Crippen molar-refractivity contribution in [3.8, 4) is 0 Å². The highest BCUT2D eigenvalue weighted by Gasteiger charge is 2.02. The first kappa shape index (κ1) is 8.74. The normalized spacial score (nSPS) is 10.6. The van der Waals surface area contributed by atoms with Crippen LogP contribution in [0.4, 0.5) is 0 Å². The van der Waals surface area contributed by atoms with Crippen molar-refractivity contribution >= 4 is 33.5 Å². The lowest BCUT2D eigenvalue weighted by Gasteiger charge is -2.04. The number of para-hydroxylation sites is 1. The molecule has 1 aromatic carbocycles. The summed E-state index contributed by atoms with van der Waals surface area (Å²) < 4.78 is 2.44. The topological polar surface area (TPSA) is 22.0 Å². The molecule has 0 aliphatic heterocycles. The van der Waals surface area contributed by atoms with Gasteiger partial charge in [-0.2, -0.15) is 0 Å². The van der Waals surface area contributed by atoms with Gasteiger partial charge in [0.2, 0.25) is 0 Å². The van der Waals surface area contributed by atoms with Gasteiger partial charge in [-0.25, -0.2) is 0 Å². The number of fused-ring (bicyclic) bond motifs is 1. The largest absolute Gasteiger partial charge is 0.310 e. The smallest absolute Gasteiger partial charge is 0.264 e. The third-order valence-corrected chi connectivity index (χ3v) is 2.86. The van der Waals surface area contributed by atoms with Gasteiger partial charge in [-0.05, 0) is 40.1 Å². The molecule has 0 bridgehead atoms. The van der Waals surface area contributed by atoms with Gasteiger partial charge in [0.1, 0.15) is 0 Å². The number of hydrogen-bond acceptors (Lipinski definition) is 1. The molecule has 1 heterocycles. The van der Waals surface area contributed by atoms with Crippen LogP contribution in [-0.4, -0.2) is 4.57 Å². The van der Waals surface area contributed by atoms with E-state index in [0.29, 0.717) is 0 Å². The summed E-state index contributed by atoms with van der Waals surface area (Å²) in [6, 6.07) is 9.79. The quantitative estimate of drug-likeness (QED) is 0.680. The zero-order valence-corrected chi connectivity index (χ0v) is 9.28. The molecule has 0 amide bonds. The first-order valence-electron chi connectivity index (χ1n) is 3.94. The summed E-state index contributed by atoms with van der Waals surface area (Å²) in [5.74, 6) is 0. The van der Waals surface area contributed by atoms with Crippen molar-refractivity contribution in [3.05, 3.63) is 44.3 Å². The Bertz CT molecular complexity index is 516. The molecule has 3 heteroatoms. The van der Waals surface area contributed by atoms with E-state index < -0.39 is 0 Å². The van der Waals surface area contributed by atoms with E-state index in [1.165, 1.54) is 0 Å². The number of hydrogen-bond donors (Lipinski definition) is 0. The molecule has 0 saturated carbocycles. The van der Waals surface area contributed by atoms with Gasteiger partial charge >= 0.3 is 0 Å². The van der Waals surface area contributed by atoms with E-state index in [1.54, 1.807) is 11.6 Å². The number of halogens is 1. The van der Waals surface area contributed by atoms with E-state index in [9.17, 15) is 4.79 Å². The lowest BCUT2D eigenvalue weighted by atomic mass is 10.2. The zero-order valence-electron chi connectivity index (χ0n) is 7.12. The van der Waals surface area contributed by atoms with Crippen molar-refractivity contribution in [1.29, 1.82) is 0 Å². The van der Waals surface area contributed by atoms with Crippen LogP contribution in [0.1, 0.15) is 0 Å². The number of benzene rings is 1. The van der Waals surface area contributed by atoms with Crippen LogP contribution in [0.2, 0.25) is 0 Å². The molecule has 13 heavy (non-hydrogen) atoms. The zero-order chi connectivity index (χ0) is 9.42. The van der Waals surface area contributed by atoms with Crippen LogP contribution in [0.5, 0.6) is 0 Å². The molecule has 0 radical (unpaired) electrons. The van der Waals surface area contributed by atoms with E-state index >= 15 is 0 Å². The van der Waals surface area contributed by atoms with E-state index in [1.807, 2.05) is 30.3 Å². The molecule has 0 saturated heterocycles. The predicted molar refractivity (Wildman–Crippen MR) is 61.9 cm³/mol. The summed E-state index contributed by atoms with van der Waals surface area (Å²) in [6.45, 7) is 0. The van der Waals surface area contributed by atoms with Gasteiger partial charge in [-0.3, -0.25) is 4.79 Å². The Morgan fingerprint density at radius 3 is 2.77 bits per heavy atom. The lowest BCUT2D eigenvalue weighted by Crippen LogP contribution is -2.19. The fourth-order valence-corrected chi connectivity index (χ4v) is 2.08. The molecular formula is C10H8INO. The number of rotatable bonds is 0. The van der Waals surface area contributed by atoms with Crippen LogP contribution in [0, 0.1) is 3.57 Å². The Labute approximate surface area is 89.3 Å². The SMILES string of the molecule is Cn1c(=O)c(I)cc2ccccc21. The summed E-state index contributed by atoms with van der Waals surface area (Å²) in [7, 11) is 1.80. The minimum atomic E-state index is 0.0688. The van der Waals surface area contributed by atoms with Crippen LogP contribution in [0.3, 0.4) is 0 Å². The highest BCUT2D eigenvalue weighted by Crippen LogP contribution is 2.12. The van der Waals surface area contributed by atoms with Crippen LogP contribution in [0.25, 0.3) is 10.9 Å². The Morgan fingerprint density at radius 2 is 2.00 bits per heavy atom. The fourth-order valence-electron chi connectivity index (χ4n) is 1.38. The molecule has 0 spiro atoms. The van der Waals surface area contributed by atoms with Gasteiger partial charge in [-0.1, -0.05) is 18.2 Å². The lowest BCUT2D eigenvalue weighted by molar-refractivity contribution is 0.898. The summed E-state index contributed by atoms with van der Waals surface area (Å²) in [5, 5.41) is 1.11. The van der Waals surface area contributed by atoms with Gasteiger partial charge in [-0.15, -0.1) is 0 Å². The highest BCUT2D eigenvalue weighted by atomic mass is 127. The Morgan fingerprint density at radius 1 is 1.31 bits per heavy atom. The Balaban J connectivity index is 3.02. The van der Waals surface area contributed by atoms with Crippen LogP contribution in [-0.2, 0) is 7.05 Å². The molecule has 0 fully saturated rings. The molecule has 1 aromatic heterocycles. The second-order valence-electron chi connectivity index (χ2n) is 2.92. The molecule has 66 valence electrons. The van der Waals surface area contributed by atoms with Crippen molar-refractivity contribution < 1.29 is 0 Å². The molecule has 2 nitrogen and oxygen atoms in total. The van der Waals surface area contributed by atoms with Crippen LogP contribution in [0.15, 0.2) is 35.1 Å². The van der Waals surface area contributed by atoms with E-state index in [2.05, 4.69) is 22.6 Å². The molecule has 2 rings (SSSR count). The second-order valence-corrected chi connectivity index (χ2v) is 4.08. The molecule has 0 aliphatic carbocycles. The van der Waals surface area contributed by atoms with Gasteiger partial charge in [0.05, 0.1) is 9.09 Å². The molecule has 0 aliphatic rings. The third-order valence-electron chi connectivity index (χ3n) is 2.09. The highest BCUT2D eigenvalue weighted by molar-refractivity contribution is 14.1. The Hall–Kier alpha value is -0.840. The molecule has 0 atom stereocenters. The number of aromatic nitrogens is 1. The summed E-state index contributed by atoms with van der Waals surface area (Å²) in [4.78, 5) is 11.5. The molecule has 0 unspecified atom stereocenters. The first-order chi connectivity index (χ1) is 6.20. The van der Waals surface area contributed by atoms with Crippen molar-refractivity contribution in [2.24, 2.45) is 7.05 Å².